The molecular weight excluding hydrogens is 194 g/mol. The average Bonchev–Trinajstić information content (AvgIpc) is 2.16. The van der Waals surface area contributed by atoms with Crippen LogP contribution in [0.5, 0.6) is 5.88 Å². The molecule has 4 nitrogen and oxygen atoms in total. The summed E-state index contributed by atoms with van der Waals surface area (Å²) in [6.07, 6.45) is 1.29. The van der Waals surface area contributed by atoms with Crippen molar-refractivity contribution < 1.29 is 18.6 Å². The van der Waals surface area contributed by atoms with Gasteiger partial charge in [0.05, 0.1) is 12.6 Å². The van der Waals surface area contributed by atoms with Crippen LogP contribution in [0.1, 0.15) is 11.6 Å². The Labute approximate surface area is 79.3 Å². The largest absolute Gasteiger partial charge is 0.417 e. The monoisotopic (exact) mass is 204 g/mol. The molecule has 1 heterocycles. The summed E-state index contributed by atoms with van der Waals surface area (Å²) in [6.45, 7) is -3.18. The molecule has 78 valence electrons. The van der Waals surface area contributed by atoms with Gasteiger partial charge in [0, 0.05) is 12.3 Å². The lowest BCUT2D eigenvalue weighted by molar-refractivity contribution is -0.0529. The highest BCUT2D eigenvalue weighted by atomic mass is 19.3. The van der Waals surface area contributed by atoms with Gasteiger partial charge < -0.3 is 15.6 Å². The Morgan fingerprint density at radius 2 is 2.29 bits per heavy atom. The van der Waals surface area contributed by atoms with E-state index in [4.69, 9.17) is 10.8 Å². The average molecular weight is 204 g/mol. The Kier molecular flexibility index (Phi) is 3.73. The van der Waals surface area contributed by atoms with E-state index in [0.717, 1.165) is 0 Å². The topological polar surface area (TPSA) is 68.4 Å². The number of hydrogen-bond donors (Lipinski definition) is 2. The number of nitrogens with zero attached hydrogens (tertiary/aromatic N) is 1. The second-order valence-electron chi connectivity index (χ2n) is 2.59. The zero-order valence-corrected chi connectivity index (χ0v) is 7.23. The Balaban J connectivity index is 2.78. The van der Waals surface area contributed by atoms with Gasteiger partial charge in [-0.05, 0) is 11.6 Å². The van der Waals surface area contributed by atoms with E-state index in [1.165, 1.54) is 18.3 Å². The molecule has 1 aromatic heterocycles. The van der Waals surface area contributed by atoms with Gasteiger partial charge in [0.15, 0.2) is 0 Å². The molecule has 0 aromatic carbocycles. The summed E-state index contributed by atoms with van der Waals surface area (Å²) in [5.41, 5.74) is 5.97. The lowest BCUT2D eigenvalue weighted by Crippen LogP contribution is -2.15. The van der Waals surface area contributed by atoms with E-state index in [1.54, 1.807) is 0 Å². The van der Waals surface area contributed by atoms with Crippen molar-refractivity contribution in [2.24, 2.45) is 5.73 Å². The number of ether oxygens (including phenoxy) is 1. The molecular formula is C8H10F2N2O2. The lowest BCUT2D eigenvalue weighted by atomic mass is 10.1. The molecule has 0 radical (unpaired) electrons. The quantitative estimate of drug-likeness (QED) is 0.756. The predicted molar refractivity (Wildman–Crippen MR) is 44.9 cm³/mol. The van der Waals surface area contributed by atoms with Gasteiger partial charge in [-0.25, -0.2) is 4.98 Å². The molecule has 0 aliphatic heterocycles. The fourth-order valence-electron chi connectivity index (χ4n) is 0.917. The van der Waals surface area contributed by atoms with Gasteiger partial charge in [0.2, 0.25) is 5.88 Å². The van der Waals surface area contributed by atoms with Gasteiger partial charge >= 0.3 is 6.61 Å². The molecule has 3 N–H and O–H groups in total. The third-order valence-corrected chi connectivity index (χ3v) is 1.59. The summed E-state index contributed by atoms with van der Waals surface area (Å²) >= 11 is 0. The number of nitrogens with two attached hydrogens (primary N) is 1. The molecule has 0 saturated heterocycles. The smallest absolute Gasteiger partial charge is 0.388 e. The molecule has 0 bridgehead atoms. The van der Waals surface area contributed by atoms with Crippen LogP contribution >= 0.6 is 0 Å². The number of aliphatic hydroxyl groups is 1. The van der Waals surface area contributed by atoms with Crippen molar-refractivity contribution in [3.05, 3.63) is 23.9 Å². The second kappa shape index (κ2) is 4.83. The minimum atomic E-state index is -2.91. The normalized spacial score (nSPS) is 12.9. The number of aromatic nitrogens is 1. The molecule has 0 aliphatic rings. The first-order valence-corrected chi connectivity index (χ1v) is 3.90. The van der Waals surface area contributed by atoms with Gasteiger partial charge in [-0.1, -0.05) is 0 Å². The number of rotatable bonds is 4. The highest BCUT2D eigenvalue weighted by Crippen LogP contribution is 2.16. The number of halogens is 2. The molecule has 1 rings (SSSR count). The first kappa shape index (κ1) is 10.8. The van der Waals surface area contributed by atoms with Gasteiger partial charge in [-0.15, -0.1) is 0 Å². The Bertz CT molecular complexity index is 296. The van der Waals surface area contributed by atoms with Crippen LogP contribution in [0.4, 0.5) is 8.78 Å². The van der Waals surface area contributed by atoms with Crippen molar-refractivity contribution >= 4 is 0 Å². The van der Waals surface area contributed by atoms with Gasteiger partial charge in [0.25, 0.3) is 0 Å². The van der Waals surface area contributed by atoms with E-state index < -0.39 is 12.7 Å². The van der Waals surface area contributed by atoms with E-state index in [2.05, 4.69) is 9.72 Å². The first-order chi connectivity index (χ1) is 6.63. The molecule has 0 aliphatic carbocycles. The van der Waals surface area contributed by atoms with Crippen LogP contribution in [0.2, 0.25) is 0 Å². The van der Waals surface area contributed by atoms with E-state index in [1.807, 2.05) is 0 Å². The Morgan fingerprint density at radius 1 is 1.57 bits per heavy atom. The first-order valence-electron chi connectivity index (χ1n) is 3.90. The molecule has 0 fully saturated rings. The van der Waals surface area contributed by atoms with Gasteiger partial charge in [-0.2, -0.15) is 8.78 Å². The molecule has 0 unspecified atom stereocenters. The third kappa shape index (κ3) is 2.90. The molecule has 0 saturated carbocycles. The van der Waals surface area contributed by atoms with Gasteiger partial charge in [0.1, 0.15) is 0 Å². The van der Waals surface area contributed by atoms with Crippen molar-refractivity contribution in [2.75, 3.05) is 6.61 Å². The molecule has 6 heteroatoms. The van der Waals surface area contributed by atoms with E-state index in [-0.39, 0.29) is 12.5 Å². The van der Waals surface area contributed by atoms with Gasteiger partial charge in [-0.3, -0.25) is 0 Å². The van der Waals surface area contributed by atoms with Crippen molar-refractivity contribution in [3.8, 4) is 5.88 Å². The van der Waals surface area contributed by atoms with Crippen molar-refractivity contribution in [1.82, 2.24) is 4.98 Å². The fraction of sp³-hybridized carbons (Fsp3) is 0.375. The number of alkyl halides is 2. The number of aliphatic hydroxyl groups excluding tert-OH is 1. The van der Waals surface area contributed by atoms with Crippen LogP contribution in [0.3, 0.4) is 0 Å². The fourth-order valence-corrected chi connectivity index (χ4v) is 0.917. The molecule has 0 spiro atoms. The van der Waals surface area contributed by atoms with E-state index >= 15 is 0 Å². The molecule has 0 amide bonds. The minimum absolute atomic E-state index is 0.207. The van der Waals surface area contributed by atoms with Crippen LogP contribution in [0, 0.1) is 0 Å². The predicted octanol–water partition coefficient (Wildman–Crippen LogP) is 0.675. The Morgan fingerprint density at radius 3 is 2.86 bits per heavy atom. The van der Waals surface area contributed by atoms with Crippen LogP contribution < -0.4 is 10.5 Å². The van der Waals surface area contributed by atoms with Crippen LogP contribution in [0.15, 0.2) is 18.3 Å². The van der Waals surface area contributed by atoms with E-state index in [0.29, 0.717) is 5.56 Å². The van der Waals surface area contributed by atoms with Crippen molar-refractivity contribution in [2.45, 2.75) is 12.7 Å². The Hall–Kier alpha value is -1.27. The lowest BCUT2D eigenvalue weighted by Gasteiger charge is -2.09. The summed E-state index contributed by atoms with van der Waals surface area (Å²) in [7, 11) is 0. The minimum Gasteiger partial charge on any atom is -0.417 e. The zero-order valence-electron chi connectivity index (χ0n) is 7.23. The van der Waals surface area contributed by atoms with Crippen LogP contribution in [-0.4, -0.2) is 23.3 Å². The molecule has 1 atom stereocenters. The SMILES string of the molecule is N[C@@H](CO)c1ccnc(OC(F)F)c1. The summed E-state index contributed by atoms with van der Waals surface area (Å²) in [5.74, 6) is -0.207. The summed E-state index contributed by atoms with van der Waals surface area (Å²) in [6, 6.07) is 2.18. The molecule has 1 aromatic rings. The number of hydrogen-bond acceptors (Lipinski definition) is 4. The third-order valence-electron chi connectivity index (χ3n) is 1.59. The second-order valence-corrected chi connectivity index (χ2v) is 2.59. The summed E-state index contributed by atoms with van der Waals surface area (Å²) in [4.78, 5) is 3.56. The standard InChI is InChI=1S/C8H10F2N2O2/c9-8(10)14-7-3-5(1-2-12-7)6(11)4-13/h1-3,6,8,13H,4,11H2/t6-/m0/s1. The highest BCUT2D eigenvalue weighted by molar-refractivity contribution is 5.23. The van der Waals surface area contributed by atoms with Crippen molar-refractivity contribution in [1.29, 1.82) is 0 Å². The summed E-state index contributed by atoms with van der Waals surface area (Å²) < 4.78 is 27.7. The maximum Gasteiger partial charge on any atom is 0.388 e. The van der Waals surface area contributed by atoms with Crippen LogP contribution in [0.25, 0.3) is 0 Å². The maximum absolute atomic E-state index is 11.8. The highest BCUT2D eigenvalue weighted by Gasteiger charge is 2.09. The molecule has 14 heavy (non-hydrogen) atoms. The van der Waals surface area contributed by atoms with Crippen LogP contribution in [-0.2, 0) is 0 Å². The van der Waals surface area contributed by atoms with E-state index in [9.17, 15) is 8.78 Å². The maximum atomic E-state index is 11.8. The summed E-state index contributed by atoms with van der Waals surface area (Å²) in [5, 5.41) is 8.73. The zero-order chi connectivity index (χ0) is 10.6. The number of pyridine rings is 1. The van der Waals surface area contributed by atoms with Crippen molar-refractivity contribution in [3.63, 3.8) is 0 Å².